The summed E-state index contributed by atoms with van der Waals surface area (Å²) in [4.78, 5) is 14.0. The molecule has 2 rings (SSSR count). The topological polar surface area (TPSA) is 41.6 Å². The number of nitrogens with zero attached hydrogens (tertiary/aromatic N) is 1. The highest BCUT2D eigenvalue weighted by molar-refractivity contribution is 5.96. The van der Waals surface area contributed by atoms with E-state index in [1.165, 1.54) is 0 Å². The molecule has 1 N–H and O–H groups in total. The van der Waals surface area contributed by atoms with E-state index in [9.17, 15) is 4.79 Å². The summed E-state index contributed by atoms with van der Waals surface area (Å²) in [5.74, 6) is 0.114. The molecule has 1 fully saturated rings. The SMILES string of the molecule is C[C@H]1COCCN1C(=O)C1=CCNC=C1. The molecule has 1 amide bonds. The van der Waals surface area contributed by atoms with Crippen molar-refractivity contribution in [3.8, 4) is 0 Å². The molecule has 0 saturated carbocycles. The highest BCUT2D eigenvalue weighted by Crippen LogP contribution is 2.12. The Kier molecular flexibility index (Phi) is 3.06. The molecule has 2 aliphatic heterocycles. The lowest BCUT2D eigenvalue weighted by atomic mass is 10.1. The number of hydrogen-bond acceptors (Lipinski definition) is 3. The van der Waals surface area contributed by atoms with E-state index in [1.807, 2.05) is 30.2 Å². The van der Waals surface area contributed by atoms with Gasteiger partial charge in [0.05, 0.1) is 19.3 Å². The first-order chi connectivity index (χ1) is 7.29. The standard InChI is InChI=1S/C11H16N2O2/c1-9-8-15-7-6-13(9)11(14)10-2-4-12-5-3-10/h2-4,9,12H,5-8H2,1H3/t9-/m0/s1. The van der Waals surface area contributed by atoms with Gasteiger partial charge in [-0.2, -0.15) is 0 Å². The maximum Gasteiger partial charge on any atom is 0.254 e. The summed E-state index contributed by atoms with van der Waals surface area (Å²) >= 11 is 0. The molecule has 0 aromatic rings. The quantitative estimate of drug-likeness (QED) is 0.673. The summed E-state index contributed by atoms with van der Waals surface area (Å²) in [5, 5.41) is 3.03. The van der Waals surface area contributed by atoms with Crippen molar-refractivity contribution in [3.05, 3.63) is 23.9 Å². The molecule has 0 bridgehead atoms. The van der Waals surface area contributed by atoms with Crippen LogP contribution in [0.1, 0.15) is 6.92 Å². The summed E-state index contributed by atoms with van der Waals surface area (Å²) in [6.07, 6.45) is 5.57. The highest BCUT2D eigenvalue weighted by atomic mass is 16.5. The van der Waals surface area contributed by atoms with Crippen LogP contribution in [-0.2, 0) is 9.53 Å². The largest absolute Gasteiger partial charge is 0.387 e. The fraction of sp³-hybridized carbons (Fsp3) is 0.545. The van der Waals surface area contributed by atoms with Gasteiger partial charge in [0, 0.05) is 18.7 Å². The van der Waals surface area contributed by atoms with Crippen molar-refractivity contribution in [1.29, 1.82) is 0 Å². The number of amides is 1. The second kappa shape index (κ2) is 4.49. The van der Waals surface area contributed by atoms with Gasteiger partial charge in [0.15, 0.2) is 0 Å². The number of morpholine rings is 1. The van der Waals surface area contributed by atoms with E-state index >= 15 is 0 Å². The summed E-state index contributed by atoms with van der Waals surface area (Å²) in [6.45, 7) is 4.73. The number of hydrogen-bond donors (Lipinski definition) is 1. The van der Waals surface area contributed by atoms with Gasteiger partial charge in [0.1, 0.15) is 0 Å². The van der Waals surface area contributed by atoms with Crippen molar-refractivity contribution >= 4 is 5.91 Å². The van der Waals surface area contributed by atoms with Gasteiger partial charge < -0.3 is 15.0 Å². The number of ether oxygens (including phenoxy) is 1. The third-order valence-electron chi connectivity index (χ3n) is 2.70. The van der Waals surface area contributed by atoms with Gasteiger partial charge in [0.25, 0.3) is 5.91 Å². The second-order valence-corrected chi connectivity index (χ2v) is 3.82. The van der Waals surface area contributed by atoms with Gasteiger partial charge in [-0.15, -0.1) is 0 Å². The average molecular weight is 208 g/mol. The minimum absolute atomic E-state index is 0.114. The normalized spacial score (nSPS) is 25.8. The minimum atomic E-state index is 0.114. The highest BCUT2D eigenvalue weighted by Gasteiger charge is 2.25. The molecule has 0 aromatic carbocycles. The molecule has 82 valence electrons. The Hall–Kier alpha value is -1.29. The monoisotopic (exact) mass is 208 g/mol. The van der Waals surface area contributed by atoms with Crippen LogP contribution >= 0.6 is 0 Å². The van der Waals surface area contributed by atoms with Gasteiger partial charge in [-0.1, -0.05) is 6.08 Å². The predicted molar refractivity (Wildman–Crippen MR) is 57.2 cm³/mol. The van der Waals surface area contributed by atoms with Gasteiger partial charge in [0.2, 0.25) is 0 Å². The summed E-state index contributed by atoms with van der Waals surface area (Å²) in [6, 6.07) is 0.176. The molecule has 0 aliphatic carbocycles. The maximum atomic E-state index is 12.1. The molecule has 0 unspecified atom stereocenters. The molecule has 2 heterocycles. The number of nitrogens with one attached hydrogen (secondary N) is 1. The van der Waals surface area contributed by atoms with Crippen molar-refractivity contribution in [3.63, 3.8) is 0 Å². The van der Waals surface area contributed by atoms with Crippen LogP contribution in [0.25, 0.3) is 0 Å². The van der Waals surface area contributed by atoms with Crippen molar-refractivity contribution in [2.75, 3.05) is 26.3 Å². The van der Waals surface area contributed by atoms with Crippen LogP contribution in [0.4, 0.5) is 0 Å². The molecule has 0 aromatic heterocycles. The molecule has 0 radical (unpaired) electrons. The van der Waals surface area contributed by atoms with Gasteiger partial charge in [-0.05, 0) is 19.2 Å². The van der Waals surface area contributed by atoms with E-state index in [0.717, 1.165) is 12.1 Å². The third kappa shape index (κ3) is 2.21. The predicted octanol–water partition coefficient (Wildman–Crippen LogP) is 0.277. The van der Waals surface area contributed by atoms with Crippen LogP contribution in [0.15, 0.2) is 23.9 Å². The Morgan fingerprint density at radius 1 is 1.67 bits per heavy atom. The number of dihydropyridines is 1. The van der Waals surface area contributed by atoms with Gasteiger partial charge in [-0.25, -0.2) is 0 Å². The zero-order valence-electron chi connectivity index (χ0n) is 8.90. The van der Waals surface area contributed by atoms with Crippen LogP contribution in [0.3, 0.4) is 0 Å². The Balaban J connectivity index is 2.06. The second-order valence-electron chi connectivity index (χ2n) is 3.82. The minimum Gasteiger partial charge on any atom is -0.387 e. The van der Waals surface area contributed by atoms with E-state index in [4.69, 9.17) is 4.74 Å². The molecule has 2 aliphatic rings. The number of carbonyl (C=O) groups excluding carboxylic acids is 1. The van der Waals surface area contributed by atoms with Crippen molar-refractivity contribution in [1.82, 2.24) is 10.2 Å². The zero-order valence-corrected chi connectivity index (χ0v) is 8.90. The Morgan fingerprint density at radius 2 is 2.53 bits per heavy atom. The molecule has 1 saturated heterocycles. The molecular formula is C11H16N2O2. The first-order valence-electron chi connectivity index (χ1n) is 5.28. The Morgan fingerprint density at radius 3 is 3.20 bits per heavy atom. The smallest absolute Gasteiger partial charge is 0.254 e. The lowest BCUT2D eigenvalue weighted by molar-refractivity contribution is -0.134. The van der Waals surface area contributed by atoms with Crippen molar-refractivity contribution in [2.45, 2.75) is 13.0 Å². The van der Waals surface area contributed by atoms with Gasteiger partial charge >= 0.3 is 0 Å². The van der Waals surface area contributed by atoms with Crippen molar-refractivity contribution < 1.29 is 9.53 Å². The molecular weight excluding hydrogens is 192 g/mol. The van der Waals surface area contributed by atoms with E-state index < -0.39 is 0 Å². The summed E-state index contributed by atoms with van der Waals surface area (Å²) in [5.41, 5.74) is 0.780. The fourth-order valence-electron chi connectivity index (χ4n) is 1.81. The van der Waals surface area contributed by atoms with Crippen molar-refractivity contribution in [2.24, 2.45) is 0 Å². The van der Waals surface area contributed by atoms with Crippen LogP contribution in [0.5, 0.6) is 0 Å². The van der Waals surface area contributed by atoms with E-state index in [1.54, 1.807) is 0 Å². The molecule has 1 atom stereocenters. The molecule has 4 nitrogen and oxygen atoms in total. The zero-order chi connectivity index (χ0) is 10.7. The van der Waals surface area contributed by atoms with E-state index in [-0.39, 0.29) is 11.9 Å². The lowest BCUT2D eigenvalue weighted by Crippen LogP contribution is -2.47. The van der Waals surface area contributed by atoms with Gasteiger partial charge in [-0.3, -0.25) is 4.79 Å². The first-order valence-corrected chi connectivity index (χ1v) is 5.28. The third-order valence-corrected chi connectivity index (χ3v) is 2.70. The van der Waals surface area contributed by atoms with Crippen LogP contribution in [0.2, 0.25) is 0 Å². The Labute approximate surface area is 89.6 Å². The van der Waals surface area contributed by atoms with E-state index in [2.05, 4.69) is 5.32 Å². The first kappa shape index (κ1) is 10.2. The maximum absolute atomic E-state index is 12.1. The molecule has 0 spiro atoms. The fourth-order valence-corrected chi connectivity index (χ4v) is 1.81. The van der Waals surface area contributed by atoms with E-state index in [0.29, 0.717) is 19.8 Å². The number of carbonyl (C=O) groups is 1. The van der Waals surface area contributed by atoms with Crippen LogP contribution in [-0.4, -0.2) is 43.2 Å². The summed E-state index contributed by atoms with van der Waals surface area (Å²) < 4.78 is 5.31. The Bertz CT molecular complexity index is 310. The summed E-state index contributed by atoms with van der Waals surface area (Å²) in [7, 11) is 0. The average Bonchev–Trinajstić information content (AvgIpc) is 2.30. The molecule has 4 heteroatoms. The molecule has 15 heavy (non-hydrogen) atoms. The van der Waals surface area contributed by atoms with Crippen LogP contribution < -0.4 is 5.32 Å². The number of rotatable bonds is 1. The lowest BCUT2D eigenvalue weighted by Gasteiger charge is -2.33. The van der Waals surface area contributed by atoms with Crippen LogP contribution in [0, 0.1) is 0 Å².